The molecule has 5 nitrogen and oxygen atoms in total. The van der Waals surface area contributed by atoms with Gasteiger partial charge in [0.15, 0.2) is 0 Å². The normalized spacial score (nSPS) is 10.8. The summed E-state index contributed by atoms with van der Waals surface area (Å²) in [6, 6.07) is 6.50. The lowest BCUT2D eigenvalue weighted by Crippen LogP contribution is -2.19. The molecule has 0 aliphatic heterocycles. The van der Waals surface area contributed by atoms with Crippen molar-refractivity contribution in [3.63, 3.8) is 0 Å². The number of benzene rings is 1. The van der Waals surface area contributed by atoms with Crippen molar-refractivity contribution >= 4 is 31.6 Å². The lowest BCUT2D eigenvalue weighted by molar-refractivity contribution is 0.320. The zero-order chi connectivity index (χ0) is 12.2. The van der Waals surface area contributed by atoms with Crippen LogP contribution in [0.1, 0.15) is 5.56 Å². The van der Waals surface area contributed by atoms with E-state index in [-0.39, 0.29) is 11.3 Å². The molecular formula is C9H9BrN2O3S. The summed E-state index contributed by atoms with van der Waals surface area (Å²) in [7, 11) is -3.60. The number of rotatable bonds is 4. The molecule has 0 bridgehead atoms. The molecule has 86 valence electrons. The van der Waals surface area contributed by atoms with Crippen LogP contribution in [-0.4, -0.2) is 25.9 Å². The van der Waals surface area contributed by atoms with E-state index >= 15 is 0 Å². The number of anilines is 1. The molecule has 1 rings (SSSR count). The van der Waals surface area contributed by atoms with Gasteiger partial charge in [-0.1, -0.05) is 15.9 Å². The highest BCUT2D eigenvalue weighted by Crippen LogP contribution is 2.21. The average molecular weight is 305 g/mol. The molecule has 1 aromatic rings. The molecule has 0 aliphatic carbocycles. The maximum absolute atomic E-state index is 11.4. The first-order chi connectivity index (χ1) is 7.48. The fourth-order valence-electron chi connectivity index (χ4n) is 1.04. The first kappa shape index (κ1) is 13.0. The van der Waals surface area contributed by atoms with Crippen molar-refractivity contribution in [2.75, 3.05) is 17.1 Å². The van der Waals surface area contributed by atoms with Crippen molar-refractivity contribution in [2.24, 2.45) is 0 Å². The van der Waals surface area contributed by atoms with Gasteiger partial charge in [0.1, 0.15) is 6.07 Å². The molecule has 0 unspecified atom stereocenters. The van der Waals surface area contributed by atoms with E-state index < -0.39 is 22.4 Å². The Bertz CT molecular complexity index is 522. The summed E-state index contributed by atoms with van der Waals surface area (Å²) in [5, 5.41) is 17.4. The molecule has 1 aromatic carbocycles. The monoisotopic (exact) mass is 304 g/mol. The Morgan fingerprint density at radius 2 is 2.19 bits per heavy atom. The molecule has 0 aliphatic rings. The second-order valence-corrected chi connectivity index (χ2v) is 5.70. The van der Waals surface area contributed by atoms with Crippen molar-refractivity contribution in [3.05, 3.63) is 28.2 Å². The largest absolute Gasteiger partial charge is 0.395 e. The van der Waals surface area contributed by atoms with Gasteiger partial charge < -0.3 is 5.11 Å². The number of hydrogen-bond acceptors (Lipinski definition) is 4. The fraction of sp³-hybridized carbons (Fsp3) is 0.222. The summed E-state index contributed by atoms with van der Waals surface area (Å²) >= 11 is 3.18. The summed E-state index contributed by atoms with van der Waals surface area (Å²) in [4.78, 5) is 0. The molecule has 0 radical (unpaired) electrons. The summed E-state index contributed by atoms with van der Waals surface area (Å²) in [5.74, 6) is -0.395. The SMILES string of the molecule is N#Cc1cc(Br)ccc1NS(=O)(=O)CCO. The van der Waals surface area contributed by atoms with Crippen LogP contribution in [0.4, 0.5) is 5.69 Å². The lowest BCUT2D eigenvalue weighted by Gasteiger charge is -2.08. The molecular weight excluding hydrogens is 296 g/mol. The van der Waals surface area contributed by atoms with E-state index in [0.717, 1.165) is 0 Å². The number of sulfonamides is 1. The molecule has 16 heavy (non-hydrogen) atoms. The first-order valence-corrected chi connectivity index (χ1v) is 6.74. The molecule has 0 aromatic heterocycles. The molecule has 0 heterocycles. The number of hydrogen-bond donors (Lipinski definition) is 2. The third-order valence-corrected chi connectivity index (χ3v) is 3.47. The Kier molecular flexibility index (Phi) is 4.29. The van der Waals surface area contributed by atoms with Crippen LogP contribution in [0.2, 0.25) is 0 Å². The number of aliphatic hydroxyl groups is 1. The van der Waals surface area contributed by atoms with Gasteiger partial charge in [-0.25, -0.2) is 8.42 Å². The molecule has 0 atom stereocenters. The van der Waals surface area contributed by atoms with Crippen LogP contribution in [0.5, 0.6) is 0 Å². The Morgan fingerprint density at radius 3 is 2.75 bits per heavy atom. The van der Waals surface area contributed by atoms with Gasteiger partial charge in [-0.15, -0.1) is 0 Å². The Balaban J connectivity index is 3.03. The van der Waals surface area contributed by atoms with Crippen LogP contribution in [0.25, 0.3) is 0 Å². The topological polar surface area (TPSA) is 90.2 Å². The number of nitrogens with zero attached hydrogens (tertiary/aromatic N) is 1. The van der Waals surface area contributed by atoms with Crippen molar-refractivity contribution in [2.45, 2.75) is 0 Å². The van der Waals surface area contributed by atoms with Crippen molar-refractivity contribution in [1.29, 1.82) is 5.26 Å². The van der Waals surface area contributed by atoms with Crippen LogP contribution in [0.3, 0.4) is 0 Å². The van der Waals surface area contributed by atoms with Crippen molar-refractivity contribution in [3.8, 4) is 6.07 Å². The summed E-state index contributed by atoms with van der Waals surface area (Å²) < 4.78 is 25.6. The summed E-state index contributed by atoms with van der Waals surface area (Å²) in [6.07, 6.45) is 0. The quantitative estimate of drug-likeness (QED) is 0.870. The van der Waals surface area contributed by atoms with Gasteiger partial charge in [0, 0.05) is 4.47 Å². The zero-order valence-corrected chi connectivity index (χ0v) is 10.5. The Hall–Kier alpha value is -1.10. The predicted molar refractivity (Wildman–Crippen MR) is 63.4 cm³/mol. The van der Waals surface area contributed by atoms with Gasteiger partial charge in [0.25, 0.3) is 0 Å². The summed E-state index contributed by atoms with van der Waals surface area (Å²) in [5.41, 5.74) is 0.426. The van der Waals surface area contributed by atoms with Crippen LogP contribution >= 0.6 is 15.9 Å². The molecule has 0 saturated carbocycles. The number of aliphatic hydroxyl groups excluding tert-OH is 1. The van der Waals surface area contributed by atoms with Gasteiger partial charge in [-0.2, -0.15) is 5.26 Å². The van der Waals surface area contributed by atoms with Crippen LogP contribution in [-0.2, 0) is 10.0 Å². The highest BCUT2D eigenvalue weighted by Gasteiger charge is 2.12. The Labute approximate surface area is 102 Å². The zero-order valence-electron chi connectivity index (χ0n) is 8.14. The highest BCUT2D eigenvalue weighted by molar-refractivity contribution is 9.10. The smallest absolute Gasteiger partial charge is 0.235 e. The van der Waals surface area contributed by atoms with E-state index in [1.807, 2.05) is 6.07 Å². The second kappa shape index (κ2) is 5.30. The van der Waals surface area contributed by atoms with E-state index in [1.165, 1.54) is 12.1 Å². The predicted octanol–water partition coefficient (Wildman–Crippen LogP) is 1.05. The molecule has 0 saturated heterocycles. The maximum Gasteiger partial charge on any atom is 0.235 e. The average Bonchev–Trinajstić information content (AvgIpc) is 2.20. The number of halogens is 1. The van der Waals surface area contributed by atoms with E-state index in [4.69, 9.17) is 10.4 Å². The van der Waals surface area contributed by atoms with Gasteiger partial charge in [0.05, 0.1) is 23.6 Å². The van der Waals surface area contributed by atoms with Gasteiger partial charge in [-0.3, -0.25) is 4.72 Å². The minimum atomic E-state index is -3.60. The molecule has 2 N–H and O–H groups in total. The molecule has 0 spiro atoms. The maximum atomic E-state index is 11.4. The van der Waals surface area contributed by atoms with Gasteiger partial charge >= 0.3 is 0 Å². The molecule has 7 heteroatoms. The first-order valence-electron chi connectivity index (χ1n) is 4.29. The minimum Gasteiger partial charge on any atom is -0.395 e. The minimum absolute atomic E-state index is 0.208. The number of nitrogens with one attached hydrogen (secondary N) is 1. The van der Waals surface area contributed by atoms with Crippen molar-refractivity contribution in [1.82, 2.24) is 0 Å². The number of nitriles is 1. The van der Waals surface area contributed by atoms with Crippen molar-refractivity contribution < 1.29 is 13.5 Å². The van der Waals surface area contributed by atoms with E-state index in [1.54, 1.807) is 6.07 Å². The van der Waals surface area contributed by atoms with E-state index in [9.17, 15) is 8.42 Å². The van der Waals surface area contributed by atoms with E-state index in [2.05, 4.69) is 20.7 Å². The van der Waals surface area contributed by atoms with E-state index in [0.29, 0.717) is 4.47 Å². The van der Waals surface area contributed by atoms with Crippen LogP contribution in [0, 0.1) is 11.3 Å². The Morgan fingerprint density at radius 1 is 1.50 bits per heavy atom. The fourth-order valence-corrected chi connectivity index (χ4v) is 2.25. The summed E-state index contributed by atoms with van der Waals surface area (Å²) in [6.45, 7) is -0.465. The third kappa shape index (κ3) is 3.48. The second-order valence-electron chi connectivity index (χ2n) is 2.95. The van der Waals surface area contributed by atoms with Gasteiger partial charge in [0.2, 0.25) is 10.0 Å². The van der Waals surface area contributed by atoms with Crippen LogP contribution < -0.4 is 4.72 Å². The highest BCUT2D eigenvalue weighted by atomic mass is 79.9. The third-order valence-electron chi connectivity index (χ3n) is 1.73. The molecule has 0 fully saturated rings. The van der Waals surface area contributed by atoms with Gasteiger partial charge in [-0.05, 0) is 18.2 Å². The lowest BCUT2D eigenvalue weighted by atomic mass is 10.2. The van der Waals surface area contributed by atoms with Crippen LogP contribution in [0.15, 0.2) is 22.7 Å². The standard InChI is InChI=1S/C9H9BrN2O3S/c10-8-1-2-9(7(5-8)6-11)12-16(14,15)4-3-13/h1-2,5,12-13H,3-4H2. The molecule has 0 amide bonds.